The number of carbonyl (C=O) groups is 1. The van der Waals surface area contributed by atoms with E-state index < -0.39 is 0 Å². The predicted octanol–water partition coefficient (Wildman–Crippen LogP) is 0.283. The van der Waals surface area contributed by atoms with E-state index in [0.29, 0.717) is 13.0 Å². The highest BCUT2D eigenvalue weighted by molar-refractivity contribution is 5.75. The number of amides is 1. The van der Waals surface area contributed by atoms with Gasteiger partial charge in [0.25, 0.3) is 0 Å². The average Bonchev–Trinajstić information content (AvgIpc) is 2.67. The second kappa shape index (κ2) is 4.75. The van der Waals surface area contributed by atoms with E-state index >= 15 is 0 Å². The van der Waals surface area contributed by atoms with Gasteiger partial charge in [-0.15, -0.1) is 0 Å². The molecule has 0 spiro atoms. The standard InChI is InChI=1S/C10H21N3O/c1-3-9(14)12-8-10(2,11)13-6-4-5-7-13/h3-8,11H2,1-2H3,(H,12,14). The van der Waals surface area contributed by atoms with Crippen molar-refractivity contribution < 1.29 is 4.79 Å². The lowest BCUT2D eigenvalue weighted by Gasteiger charge is -2.35. The molecule has 0 aliphatic carbocycles. The second-order valence-corrected chi connectivity index (χ2v) is 4.18. The summed E-state index contributed by atoms with van der Waals surface area (Å²) in [7, 11) is 0. The van der Waals surface area contributed by atoms with Gasteiger partial charge in [-0.05, 0) is 32.9 Å². The predicted molar refractivity (Wildman–Crippen MR) is 56.7 cm³/mol. The maximum absolute atomic E-state index is 11.1. The minimum absolute atomic E-state index is 0.0703. The molecule has 0 aromatic heterocycles. The van der Waals surface area contributed by atoms with Gasteiger partial charge >= 0.3 is 0 Å². The minimum Gasteiger partial charge on any atom is -0.353 e. The van der Waals surface area contributed by atoms with Crippen molar-refractivity contribution in [2.24, 2.45) is 5.73 Å². The lowest BCUT2D eigenvalue weighted by Crippen LogP contribution is -2.59. The molecule has 1 unspecified atom stereocenters. The Kier molecular flexibility index (Phi) is 3.89. The van der Waals surface area contributed by atoms with Crippen LogP contribution in [0.25, 0.3) is 0 Å². The van der Waals surface area contributed by atoms with Crippen molar-refractivity contribution in [2.75, 3.05) is 19.6 Å². The van der Waals surface area contributed by atoms with Crippen molar-refractivity contribution in [3.05, 3.63) is 0 Å². The van der Waals surface area contributed by atoms with Gasteiger partial charge in [0.05, 0.1) is 5.66 Å². The van der Waals surface area contributed by atoms with Crippen molar-refractivity contribution in [3.8, 4) is 0 Å². The Morgan fingerprint density at radius 2 is 2.07 bits per heavy atom. The fraction of sp³-hybridized carbons (Fsp3) is 0.900. The van der Waals surface area contributed by atoms with Crippen LogP contribution in [0.4, 0.5) is 0 Å². The first-order chi connectivity index (χ1) is 6.56. The highest BCUT2D eigenvalue weighted by Crippen LogP contribution is 2.15. The summed E-state index contributed by atoms with van der Waals surface area (Å²) in [5.74, 6) is 0.0703. The summed E-state index contributed by atoms with van der Waals surface area (Å²) in [4.78, 5) is 13.3. The summed E-state index contributed by atoms with van der Waals surface area (Å²) in [6, 6.07) is 0. The van der Waals surface area contributed by atoms with Gasteiger partial charge in [0.1, 0.15) is 0 Å². The van der Waals surface area contributed by atoms with Gasteiger partial charge in [-0.25, -0.2) is 0 Å². The summed E-state index contributed by atoms with van der Waals surface area (Å²) in [5, 5.41) is 2.84. The summed E-state index contributed by atoms with van der Waals surface area (Å²) in [5.41, 5.74) is 5.75. The Hall–Kier alpha value is -0.610. The average molecular weight is 199 g/mol. The highest BCUT2D eigenvalue weighted by atomic mass is 16.1. The van der Waals surface area contributed by atoms with Crippen LogP contribution >= 0.6 is 0 Å². The first-order valence-corrected chi connectivity index (χ1v) is 5.37. The van der Waals surface area contributed by atoms with E-state index in [2.05, 4.69) is 10.2 Å². The Bertz CT molecular complexity index is 198. The van der Waals surface area contributed by atoms with Crippen LogP contribution in [0.2, 0.25) is 0 Å². The Balaban J connectivity index is 2.36. The molecule has 0 radical (unpaired) electrons. The van der Waals surface area contributed by atoms with Crippen molar-refractivity contribution in [1.29, 1.82) is 0 Å². The molecule has 1 heterocycles. The van der Waals surface area contributed by atoms with E-state index in [9.17, 15) is 4.79 Å². The molecule has 4 nitrogen and oxygen atoms in total. The number of nitrogens with one attached hydrogen (secondary N) is 1. The number of nitrogens with zero attached hydrogens (tertiary/aromatic N) is 1. The summed E-state index contributed by atoms with van der Waals surface area (Å²) < 4.78 is 0. The van der Waals surface area contributed by atoms with Gasteiger partial charge in [-0.2, -0.15) is 0 Å². The fourth-order valence-electron chi connectivity index (χ4n) is 1.74. The third kappa shape index (κ3) is 2.96. The second-order valence-electron chi connectivity index (χ2n) is 4.18. The van der Waals surface area contributed by atoms with E-state index in [4.69, 9.17) is 5.73 Å². The molecule has 1 rings (SSSR count). The molecule has 4 heteroatoms. The fourth-order valence-corrected chi connectivity index (χ4v) is 1.74. The smallest absolute Gasteiger partial charge is 0.219 e. The molecule has 82 valence electrons. The zero-order valence-electron chi connectivity index (χ0n) is 9.18. The number of hydrogen-bond donors (Lipinski definition) is 2. The number of likely N-dealkylation sites (tertiary alicyclic amines) is 1. The highest BCUT2D eigenvalue weighted by Gasteiger charge is 2.29. The van der Waals surface area contributed by atoms with Crippen LogP contribution in [0.15, 0.2) is 0 Å². The number of nitrogens with two attached hydrogens (primary N) is 1. The molecule has 1 saturated heterocycles. The number of rotatable bonds is 4. The third-order valence-corrected chi connectivity index (χ3v) is 2.79. The normalized spacial score (nSPS) is 21.9. The molecular formula is C10H21N3O. The van der Waals surface area contributed by atoms with Crippen LogP contribution in [0.3, 0.4) is 0 Å². The Labute approximate surface area is 85.8 Å². The van der Waals surface area contributed by atoms with E-state index in [-0.39, 0.29) is 11.6 Å². The first kappa shape index (κ1) is 11.5. The van der Waals surface area contributed by atoms with Crippen molar-refractivity contribution in [1.82, 2.24) is 10.2 Å². The van der Waals surface area contributed by atoms with Crippen LogP contribution in [-0.2, 0) is 4.79 Å². The SMILES string of the molecule is CCC(=O)NCC(C)(N)N1CCCC1. The largest absolute Gasteiger partial charge is 0.353 e. The Morgan fingerprint density at radius 1 is 1.50 bits per heavy atom. The molecule has 1 aliphatic rings. The van der Waals surface area contributed by atoms with Crippen LogP contribution in [0, 0.1) is 0 Å². The van der Waals surface area contributed by atoms with Gasteiger partial charge in [-0.1, -0.05) is 6.92 Å². The maximum atomic E-state index is 11.1. The van der Waals surface area contributed by atoms with Gasteiger partial charge in [0.15, 0.2) is 0 Å². The van der Waals surface area contributed by atoms with E-state index in [0.717, 1.165) is 13.1 Å². The lowest BCUT2D eigenvalue weighted by atomic mass is 10.2. The van der Waals surface area contributed by atoms with E-state index in [1.165, 1.54) is 12.8 Å². The maximum Gasteiger partial charge on any atom is 0.219 e. The van der Waals surface area contributed by atoms with Crippen molar-refractivity contribution in [2.45, 2.75) is 38.8 Å². The van der Waals surface area contributed by atoms with Gasteiger partial charge < -0.3 is 11.1 Å². The molecule has 1 amide bonds. The van der Waals surface area contributed by atoms with Gasteiger partial charge in [0, 0.05) is 13.0 Å². The molecule has 14 heavy (non-hydrogen) atoms. The summed E-state index contributed by atoms with van der Waals surface area (Å²) in [6.45, 7) is 6.47. The first-order valence-electron chi connectivity index (χ1n) is 5.37. The van der Waals surface area contributed by atoms with Crippen molar-refractivity contribution >= 4 is 5.91 Å². The Morgan fingerprint density at radius 3 is 2.57 bits per heavy atom. The molecule has 3 N–H and O–H groups in total. The monoisotopic (exact) mass is 199 g/mol. The molecule has 0 saturated carbocycles. The van der Waals surface area contributed by atoms with Crippen LogP contribution in [0.5, 0.6) is 0 Å². The molecular weight excluding hydrogens is 178 g/mol. The van der Waals surface area contributed by atoms with Crippen LogP contribution < -0.4 is 11.1 Å². The summed E-state index contributed by atoms with van der Waals surface area (Å²) >= 11 is 0. The molecule has 1 aliphatic heterocycles. The topological polar surface area (TPSA) is 58.4 Å². The van der Waals surface area contributed by atoms with Crippen LogP contribution in [-0.4, -0.2) is 36.1 Å². The molecule has 1 atom stereocenters. The lowest BCUT2D eigenvalue weighted by molar-refractivity contribution is -0.121. The van der Waals surface area contributed by atoms with E-state index in [1.54, 1.807) is 0 Å². The zero-order chi connectivity index (χ0) is 10.6. The molecule has 1 fully saturated rings. The van der Waals surface area contributed by atoms with Crippen molar-refractivity contribution in [3.63, 3.8) is 0 Å². The molecule has 0 aromatic rings. The van der Waals surface area contributed by atoms with Gasteiger partial charge in [-0.3, -0.25) is 9.69 Å². The number of carbonyl (C=O) groups excluding carboxylic acids is 1. The zero-order valence-corrected chi connectivity index (χ0v) is 9.18. The molecule has 0 bridgehead atoms. The minimum atomic E-state index is -0.388. The summed E-state index contributed by atoms with van der Waals surface area (Å²) in [6.07, 6.45) is 2.96. The van der Waals surface area contributed by atoms with E-state index in [1.807, 2.05) is 13.8 Å². The third-order valence-electron chi connectivity index (χ3n) is 2.79. The number of hydrogen-bond acceptors (Lipinski definition) is 3. The van der Waals surface area contributed by atoms with Gasteiger partial charge in [0.2, 0.25) is 5.91 Å². The quantitative estimate of drug-likeness (QED) is 0.684. The van der Waals surface area contributed by atoms with Crippen LogP contribution in [0.1, 0.15) is 33.1 Å². The molecule has 0 aromatic carbocycles.